The molecule has 6 heteroatoms. The van der Waals surface area contributed by atoms with Crippen molar-refractivity contribution in [3.8, 4) is 0 Å². The predicted octanol–water partition coefficient (Wildman–Crippen LogP) is 1.23. The maximum absolute atomic E-state index is 11.8. The summed E-state index contributed by atoms with van der Waals surface area (Å²) < 4.78 is 0. The minimum atomic E-state index is -1.10. The molecule has 1 aromatic rings. The van der Waals surface area contributed by atoms with Crippen LogP contribution in [0.4, 0.5) is 0 Å². The number of hydrogen-bond donors (Lipinski definition) is 3. The molecule has 1 aliphatic carbocycles. The Morgan fingerprint density at radius 2 is 1.86 bits per heavy atom. The maximum atomic E-state index is 11.8. The summed E-state index contributed by atoms with van der Waals surface area (Å²) >= 11 is 0. The van der Waals surface area contributed by atoms with Crippen LogP contribution in [0.5, 0.6) is 0 Å². The minimum Gasteiger partial charge on any atom is -0.479 e. The first-order chi connectivity index (χ1) is 10.6. The number of carboxylic acids is 1. The molecule has 0 bridgehead atoms. The fourth-order valence-corrected chi connectivity index (χ4v) is 2.12. The van der Waals surface area contributed by atoms with Crippen LogP contribution in [0, 0.1) is 5.92 Å². The Morgan fingerprint density at radius 1 is 1.18 bits per heavy atom. The van der Waals surface area contributed by atoms with Crippen LogP contribution in [0.2, 0.25) is 0 Å². The Bertz CT molecular complexity index is 540. The highest BCUT2D eigenvalue weighted by Gasteiger charge is 2.29. The monoisotopic (exact) mass is 304 g/mol. The van der Waals surface area contributed by atoms with E-state index in [1.54, 1.807) is 30.3 Å². The fraction of sp³-hybridized carbons (Fsp3) is 0.438. The number of carboxylic acid groups (broad SMARTS) is 1. The Kier molecular flexibility index (Phi) is 5.52. The molecular formula is C16H20N2O4. The number of amides is 2. The zero-order chi connectivity index (χ0) is 15.9. The van der Waals surface area contributed by atoms with Crippen LogP contribution in [-0.2, 0) is 14.4 Å². The highest BCUT2D eigenvalue weighted by molar-refractivity contribution is 5.84. The standard InChI is InChI=1S/C16H20N2O4/c19-13(7-4-10-17-15(20)12-8-9-12)18-14(16(21)22)11-5-2-1-3-6-11/h1-3,5-6,12,14H,4,7-10H2,(H,17,20)(H,18,19)(H,21,22). The van der Waals surface area contributed by atoms with E-state index in [1.807, 2.05) is 0 Å². The van der Waals surface area contributed by atoms with E-state index in [1.165, 1.54) is 0 Å². The molecule has 0 aromatic heterocycles. The number of rotatable bonds is 8. The van der Waals surface area contributed by atoms with Gasteiger partial charge in [0.15, 0.2) is 6.04 Å². The van der Waals surface area contributed by atoms with Gasteiger partial charge in [-0.3, -0.25) is 9.59 Å². The highest BCUT2D eigenvalue weighted by atomic mass is 16.4. The molecule has 22 heavy (non-hydrogen) atoms. The Balaban J connectivity index is 1.74. The van der Waals surface area contributed by atoms with Crippen LogP contribution in [0.15, 0.2) is 30.3 Å². The van der Waals surface area contributed by atoms with Crippen molar-refractivity contribution in [1.82, 2.24) is 10.6 Å². The van der Waals surface area contributed by atoms with Crippen LogP contribution in [0.1, 0.15) is 37.3 Å². The molecule has 1 fully saturated rings. The summed E-state index contributed by atoms with van der Waals surface area (Å²) in [6, 6.07) is 7.52. The second-order valence-electron chi connectivity index (χ2n) is 5.42. The van der Waals surface area contributed by atoms with Crippen molar-refractivity contribution in [1.29, 1.82) is 0 Å². The van der Waals surface area contributed by atoms with Gasteiger partial charge in [-0.15, -0.1) is 0 Å². The lowest BCUT2D eigenvalue weighted by atomic mass is 10.1. The SMILES string of the molecule is O=C(CCCNC(=O)C1CC1)NC(C(=O)O)c1ccccc1. The molecule has 1 atom stereocenters. The molecule has 0 spiro atoms. The lowest BCUT2D eigenvalue weighted by molar-refractivity contribution is -0.142. The number of hydrogen-bond acceptors (Lipinski definition) is 3. The Hall–Kier alpha value is -2.37. The highest BCUT2D eigenvalue weighted by Crippen LogP contribution is 2.28. The van der Waals surface area contributed by atoms with Gasteiger partial charge in [0.25, 0.3) is 0 Å². The second-order valence-corrected chi connectivity index (χ2v) is 5.42. The first-order valence-corrected chi connectivity index (χ1v) is 7.42. The van der Waals surface area contributed by atoms with Gasteiger partial charge in [-0.05, 0) is 24.8 Å². The van der Waals surface area contributed by atoms with Gasteiger partial charge in [0.1, 0.15) is 0 Å². The van der Waals surface area contributed by atoms with Gasteiger partial charge in [-0.25, -0.2) is 4.79 Å². The molecule has 2 amide bonds. The zero-order valence-electron chi connectivity index (χ0n) is 12.2. The fourth-order valence-electron chi connectivity index (χ4n) is 2.12. The third kappa shape index (κ3) is 4.87. The molecule has 0 saturated heterocycles. The maximum Gasteiger partial charge on any atom is 0.330 e. The van der Waals surface area contributed by atoms with E-state index in [0.29, 0.717) is 18.5 Å². The number of aliphatic carboxylic acids is 1. The molecule has 1 aromatic carbocycles. The van der Waals surface area contributed by atoms with Crippen LogP contribution in [-0.4, -0.2) is 29.4 Å². The van der Waals surface area contributed by atoms with Gasteiger partial charge in [-0.1, -0.05) is 30.3 Å². The van der Waals surface area contributed by atoms with Gasteiger partial charge in [-0.2, -0.15) is 0 Å². The van der Waals surface area contributed by atoms with Crippen LogP contribution in [0.25, 0.3) is 0 Å². The van der Waals surface area contributed by atoms with Crippen molar-refractivity contribution in [3.05, 3.63) is 35.9 Å². The molecule has 3 N–H and O–H groups in total. The third-order valence-electron chi connectivity index (χ3n) is 3.51. The molecular weight excluding hydrogens is 284 g/mol. The summed E-state index contributed by atoms with van der Waals surface area (Å²) in [4.78, 5) is 34.5. The minimum absolute atomic E-state index is 0.0492. The van der Waals surface area contributed by atoms with Crippen molar-refractivity contribution in [2.45, 2.75) is 31.7 Å². The summed E-state index contributed by atoms with van der Waals surface area (Å²) in [5, 5.41) is 14.5. The smallest absolute Gasteiger partial charge is 0.330 e. The molecule has 0 radical (unpaired) electrons. The van der Waals surface area contributed by atoms with Crippen molar-refractivity contribution in [3.63, 3.8) is 0 Å². The summed E-state index contributed by atoms with van der Waals surface area (Å²) in [6.07, 6.45) is 2.57. The summed E-state index contributed by atoms with van der Waals surface area (Å²) in [5.74, 6) is -1.23. The molecule has 0 aliphatic heterocycles. The lowest BCUT2D eigenvalue weighted by Gasteiger charge is -2.15. The van der Waals surface area contributed by atoms with Crippen molar-refractivity contribution in [2.24, 2.45) is 5.92 Å². The van der Waals surface area contributed by atoms with Crippen LogP contribution in [0.3, 0.4) is 0 Å². The lowest BCUT2D eigenvalue weighted by Crippen LogP contribution is -2.34. The van der Waals surface area contributed by atoms with Gasteiger partial charge in [0, 0.05) is 18.9 Å². The average molecular weight is 304 g/mol. The second kappa shape index (κ2) is 7.59. The number of carbonyl (C=O) groups is 3. The molecule has 2 rings (SSSR count). The van der Waals surface area contributed by atoms with Crippen molar-refractivity contribution >= 4 is 17.8 Å². The number of benzene rings is 1. The van der Waals surface area contributed by atoms with Gasteiger partial charge >= 0.3 is 5.97 Å². The molecule has 1 unspecified atom stereocenters. The molecule has 6 nitrogen and oxygen atoms in total. The van der Waals surface area contributed by atoms with E-state index in [2.05, 4.69) is 10.6 Å². The summed E-state index contributed by atoms with van der Waals surface area (Å²) in [5.41, 5.74) is 0.533. The van der Waals surface area contributed by atoms with E-state index in [0.717, 1.165) is 12.8 Å². The van der Waals surface area contributed by atoms with E-state index in [-0.39, 0.29) is 24.2 Å². The summed E-state index contributed by atoms with van der Waals surface area (Å²) in [7, 11) is 0. The Morgan fingerprint density at radius 3 is 2.45 bits per heavy atom. The average Bonchev–Trinajstić information content (AvgIpc) is 3.34. The Labute approximate surface area is 128 Å². The predicted molar refractivity (Wildman–Crippen MR) is 79.9 cm³/mol. The molecule has 0 heterocycles. The van der Waals surface area contributed by atoms with Gasteiger partial charge < -0.3 is 15.7 Å². The molecule has 1 aliphatic rings. The van der Waals surface area contributed by atoms with Crippen LogP contribution < -0.4 is 10.6 Å². The van der Waals surface area contributed by atoms with Crippen molar-refractivity contribution < 1.29 is 19.5 Å². The summed E-state index contributed by atoms with van der Waals surface area (Å²) in [6.45, 7) is 0.436. The molecule has 1 saturated carbocycles. The van der Waals surface area contributed by atoms with E-state index in [4.69, 9.17) is 0 Å². The number of carbonyl (C=O) groups excluding carboxylic acids is 2. The normalized spacial score (nSPS) is 14.9. The van der Waals surface area contributed by atoms with Gasteiger partial charge in [0.05, 0.1) is 0 Å². The molecule has 118 valence electrons. The topological polar surface area (TPSA) is 95.5 Å². The van der Waals surface area contributed by atoms with E-state index in [9.17, 15) is 19.5 Å². The zero-order valence-corrected chi connectivity index (χ0v) is 12.2. The van der Waals surface area contributed by atoms with E-state index >= 15 is 0 Å². The quantitative estimate of drug-likeness (QED) is 0.630. The first kappa shape index (κ1) is 16.0. The van der Waals surface area contributed by atoms with Crippen molar-refractivity contribution in [2.75, 3.05) is 6.54 Å². The largest absolute Gasteiger partial charge is 0.479 e. The first-order valence-electron chi connectivity index (χ1n) is 7.42. The van der Waals surface area contributed by atoms with Gasteiger partial charge in [0.2, 0.25) is 11.8 Å². The van der Waals surface area contributed by atoms with E-state index < -0.39 is 12.0 Å². The number of nitrogens with one attached hydrogen (secondary N) is 2. The van der Waals surface area contributed by atoms with Crippen LogP contribution >= 0.6 is 0 Å². The third-order valence-corrected chi connectivity index (χ3v) is 3.51.